The van der Waals surface area contributed by atoms with E-state index in [2.05, 4.69) is 10.4 Å². The number of thiocarbonyl (C=S) groups is 1. The summed E-state index contributed by atoms with van der Waals surface area (Å²) in [4.78, 5) is 0. The molecule has 0 atom stereocenters. The molecule has 0 amide bonds. The second-order valence-corrected chi connectivity index (χ2v) is 4.86. The Labute approximate surface area is 129 Å². The predicted octanol–water partition coefficient (Wildman–Crippen LogP) is 2.73. The standard InChI is InChI=1S/C16H17N3OS/c1-19(18-12-14-9-5-6-10-15(14)20)16(21)17-11-13-7-3-2-4-8-13/h2-10,12,20H,11H2,1H3,(H,17,21)/b18-12+. The second-order valence-electron chi connectivity index (χ2n) is 4.47. The van der Waals surface area contributed by atoms with Crippen molar-refractivity contribution in [3.8, 4) is 5.75 Å². The van der Waals surface area contributed by atoms with Crippen molar-refractivity contribution in [1.82, 2.24) is 10.3 Å². The summed E-state index contributed by atoms with van der Waals surface area (Å²) < 4.78 is 0. The minimum Gasteiger partial charge on any atom is -0.507 e. The molecule has 0 heterocycles. The molecule has 0 aliphatic heterocycles. The number of nitrogens with one attached hydrogen (secondary N) is 1. The summed E-state index contributed by atoms with van der Waals surface area (Å²) in [7, 11) is 1.76. The molecule has 0 aromatic heterocycles. The lowest BCUT2D eigenvalue weighted by Crippen LogP contribution is -2.33. The smallest absolute Gasteiger partial charge is 0.189 e. The fraction of sp³-hybridized carbons (Fsp3) is 0.125. The number of phenols is 1. The Morgan fingerprint density at radius 2 is 1.86 bits per heavy atom. The molecule has 2 rings (SSSR count). The van der Waals surface area contributed by atoms with Gasteiger partial charge in [0.15, 0.2) is 5.11 Å². The van der Waals surface area contributed by atoms with Gasteiger partial charge < -0.3 is 10.4 Å². The van der Waals surface area contributed by atoms with Crippen LogP contribution >= 0.6 is 12.2 Å². The average Bonchev–Trinajstić information content (AvgIpc) is 2.52. The highest BCUT2D eigenvalue weighted by Crippen LogP contribution is 2.12. The van der Waals surface area contributed by atoms with E-state index in [4.69, 9.17) is 12.2 Å². The van der Waals surface area contributed by atoms with Crippen LogP contribution in [-0.2, 0) is 6.54 Å². The van der Waals surface area contributed by atoms with Gasteiger partial charge in [0.2, 0.25) is 0 Å². The van der Waals surface area contributed by atoms with Crippen LogP contribution in [0.4, 0.5) is 0 Å². The minimum atomic E-state index is 0.192. The van der Waals surface area contributed by atoms with E-state index in [0.717, 1.165) is 5.56 Å². The first kappa shape index (κ1) is 15.0. The fourth-order valence-electron chi connectivity index (χ4n) is 1.69. The van der Waals surface area contributed by atoms with Crippen LogP contribution in [0.3, 0.4) is 0 Å². The summed E-state index contributed by atoms with van der Waals surface area (Å²) in [5.74, 6) is 0.192. The Balaban J connectivity index is 1.89. The molecule has 0 saturated carbocycles. The van der Waals surface area contributed by atoms with Gasteiger partial charge in [0.1, 0.15) is 5.75 Å². The molecule has 2 aromatic carbocycles. The number of aromatic hydroxyl groups is 1. The van der Waals surface area contributed by atoms with E-state index in [1.165, 1.54) is 0 Å². The monoisotopic (exact) mass is 299 g/mol. The number of para-hydroxylation sites is 1. The summed E-state index contributed by atoms with van der Waals surface area (Å²) in [5, 5.41) is 19.1. The topological polar surface area (TPSA) is 47.9 Å². The van der Waals surface area contributed by atoms with Gasteiger partial charge >= 0.3 is 0 Å². The van der Waals surface area contributed by atoms with Gasteiger partial charge in [0.25, 0.3) is 0 Å². The third-order valence-corrected chi connectivity index (χ3v) is 3.30. The molecule has 2 aromatic rings. The Kier molecular flexibility index (Phi) is 5.29. The number of benzene rings is 2. The van der Waals surface area contributed by atoms with E-state index in [1.54, 1.807) is 36.5 Å². The van der Waals surface area contributed by atoms with Crippen molar-refractivity contribution in [3.63, 3.8) is 0 Å². The Hall–Kier alpha value is -2.40. The first-order chi connectivity index (χ1) is 10.2. The van der Waals surface area contributed by atoms with Crippen LogP contribution in [0.2, 0.25) is 0 Å². The van der Waals surface area contributed by atoms with E-state index in [1.807, 2.05) is 36.4 Å². The predicted molar refractivity (Wildman–Crippen MR) is 89.3 cm³/mol. The van der Waals surface area contributed by atoms with Crippen LogP contribution in [-0.4, -0.2) is 28.5 Å². The zero-order valence-electron chi connectivity index (χ0n) is 11.7. The maximum Gasteiger partial charge on any atom is 0.189 e. The van der Waals surface area contributed by atoms with Gasteiger partial charge in [-0.3, -0.25) is 0 Å². The van der Waals surface area contributed by atoms with Gasteiger partial charge in [-0.05, 0) is 29.9 Å². The lowest BCUT2D eigenvalue weighted by molar-refractivity contribution is 0.474. The molecule has 108 valence electrons. The highest BCUT2D eigenvalue weighted by molar-refractivity contribution is 7.80. The molecule has 0 bridgehead atoms. The molecule has 0 saturated heterocycles. The van der Waals surface area contributed by atoms with Crippen molar-refractivity contribution in [2.75, 3.05) is 7.05 Å². The van der Waals surface area contributed by atoms with Gasteiger partial charge in [-0.2, -0.15) is 5.10 Å². The summed E-state index contributed by atoms with van der Waals surface area (Å²) in [6.45, 7) is 0.649. The van der Waals surface area contributed by atoms with Gasteiger partial charge in [0.05, 0.1) is 6.21 Å². The Bertz CT molecular complexity index is 628. The third-order valence-electron chi connectivity index (χ3n) is 2.89. The maximum atomic E-state index is 9.66. The molecule has 21 heavy (non-hydrogen) atoms. The van der Waals surface area contributed by atoms with E-state index in [0.29, 0.717) is 17.2 Å². The van der Waals surface area contributed by atoms with Gasteiger partial charge in [0, 0.05) is 19.2 Å². The van der Waals surface area contributed by atoms with Crippen molar-refractivity contribution < 1.29 is 5.11 Å². The second kappa shape index (κ2) is 7.40. The van der Waals surface area contributed by atoms with Crippen molar-refractivity contribution in [2.24, 2.45) is 5.10 Å². The van der Waals surface area contributed by atoms with E-state index >= 15 is 0 Å². The van der Waals surface area contributed by atoms with E-state index in [9.17, 15) is 5.11 Å². The Morgan fingerprint density at radius 1 is 1.19 bits per heavy atom. The molecule has 0 fully saturated rings. The number of hydrazone groups is 1. The normalized spacial score (nSPS) is 10.5. The first-order valence-corrected chi connectivity index (χ1v) is 6.95. The molecule has 0 radical (unpaired) electrons. The maximum absolute atomic E-state index is 9.66. The quantitative estimate of drug-likeness (QED) is 0.518. The highest BCUT2D eigenvalue weighted by atomic mass is 32.1. The molecule has 0 unspecified atom stereocenters. The van der Waals surface area contributed by atoms with E-state index in [-0.39, 0.29) is 5.75 Å². The number of phenolic OH excluding ortho intramolecular Hbond substituents is 1. The van der Waals surface area contributed by atoms with Crippen molar-refractivity contribution in [3.05, 3.63) is 65.7 Å². The van der Waals surface area contributed by atoms with Crippen LogP contribution in [0.25, 0.3) is 0 Å². The summed E-state index contributed by atoms with van der Waals surface area (Å²) >= 11 is 5.26. The molecule has 2 N–H and O–H groups in total. The number of hydrogen-bond acceptors (Lipinski definition) is 3. The average molecular weight is 299 g/mol. The van der Waals surface area contributed by atoms with Crippen molar-refractivity contribution >= 4 is 23.5 Å². The van der Waals surface area contributed by atoms with E-state index < -0.39 is 0 Å². The minimum absolute atomic E-state index is 0.192. The van der Waals surface area contributed by atoms with Gasteiger partial charge in [-0.25, -0.2) is 5.01 Å². The van der Waals surface area contributed by atoms with Crippen LogP contribution in [0, 0.1) is 0 Å². The van der Waals surface area contributed by atoms with Crippen molar-refractivity contribution in [2.45, 2.75) is 6.54 Å². The van der Waals surface area contributed by atoms with Gasteiger partial charge in [-0.15, -0.1) is 0 Å². The molecular formula is C16H17N3OS. The summed E-state index contributed by atoms with van der Waals surface area (Å²) in [6, 6.07) is 17.0. The number of hydrogen-bond donors (Lipinski definition) is 2. The third kappa shape index (κ3) is 4.57. The molecule has 5 heteroatoms. The van der Waals surface area contributed by atoms with Crippen LogP contribution in [0.5, 0.6) is 5.75 Å². The summed E-state index contributed by atoms with van der Waals surface area (Å²) in [5.41, 5.74) is 1.80. The molecular weight excluding hydrogens is 282 g/mol. The van der Waals surface area contributed by atoms with Crippen molar-refractivity contribution in [1.29, 1.82) is 0 Å². The van der Waals surface area contributed by atoms with Crippen LogP contribution in [0.1, 0.15) is 11.1 Å². The first-order valence-electron chi connectivity index (χ1n) is 6.54. The molecule has 0 spiro atoms. The zero-order chi connectivity index (χ0) is 15.1. The SMILES string of the molecule is CN(/N=C/c1ccccc1O)C(=S)NCc1ccccc1. The lowest BCUT2D eigenvalue weighted by Gasteiger charge is -2.15. The van der Waals surface area contributed by atoms with Gasteiger partial charge in [-0.1, -0.05) is 42.5 Å². The number of rotatable bonds is 4. The molecule has 0 aliphatic rings. The molecule has 0 aliphatic carbocycles. The van der Waals surface area contributed by atoms with Crippen LogP contribution in [0.15, 0.2) is 59.7 Å². The van der Waals surface area contributed by atoms with Crippen LogP contribution < -0.4 is 5.32 Å². The highest BCUT2D eigenvalue weighted by Gasteiger charge is 2.02. The molecule has 4 nitrogen and oxygen atoms in total. The Morgan fingerprint density at radius 3 is 2.57 bits per heavy atom. The summed E-state index contributed by atoms with van der Waals surface area (Å²) in [6.07, 6.45) is 1.58. The largest absolute Gasteiger partial charge is 0.507 e. The fourth-order valence-corrected chi connectivity index (χ4v) is 1.81. The lowest BCUT2D eigenvalue weighted by atomic mass is 10.2. The zero-order valence-corrected chi connectivity index (χ0v) is 12.5. The number of nitrogens with zero attached hydrogens (tertiary/aromatic N) is 2.